The van der Waals surface area contributed by atoms with E-state index in [1.54, 1.807) is 18.2 Å². The van der Waals surface area contributed by atoms with E-state index in [4.69, 9.17) is 9.72 Å². The first-order valence-electron chi connectivity index (χ1n) is 14.0. The van der Waals surface area contributed by atoms with Crippen molar-refractivity contribution in [3.8, 4) is 0 Å². The number of rotatable bonds is 6. The number of piperazine rings is 1. The monoisotopic (exact) mass is 543 g/mol. The molecule has 2 aliphatic heterocycles. The molecule has 2 aromatic rings. The number of pyridine rings is 1. The minimum atomic E-state index is -3.67. The zero-order chi connectivity index (χ0) is 26.9. The van der Waals surface area contributed by atoms with E-state index in [-0.39, 0.29) is 28.8 Å². The first-order valence-corrected chi connectivity index (χ1v) is 15.4. The van der Waals surface area contributed by atoms with Crippen LogP contribution in [0.2, 0.25) is 0 Å². The van der Waals surface area contributed by atoms with Crippen molar-refractivity contribution in [2.45, 2.75) is 56.5 Å². The van der Waals surface area contributed by atoms with Crippen LogP contribution >= 0.6 is 0 Å². The number of sulfonamides is 1. The van der Waals surface area contributed by atoms with E-state index in [0.29, 0.717) is 51.4 Å². The van der Waals surface area contributed by atoms with Crippen LogP contribution in [0.1, 0.15) is 39.5 Å². The lowest BCUT2D eigenvalue weighted by Gasteiger charge is -2.41. The summed E-state index contributed by atoms with van der Waals surface area (Å²) < 4.78 is 35.0. The molecule has 1 N–H and O–H groups in total. The quantitative estimate of drug-likeness (QED) is 0.599. The summed E-state index contributed by atoms with van der Waals surface area (Å²) in [5.41, 5.74) is 0.794. The maximum Gasteiger partial charge on any atom is 0.240 e. The zero-order valence-corrected chi connectivity index (χ0v) is 23.6. The fraction of sp³-hybridized carbons (Fsp3) is 0.643. The van der Waals surface area contributed by atoms with E-state index in [1.165, 1.54) is 0 Å². The Labute approximate surface area is 226 Å². The minimum Gasteiger partial charge on any atom is -0.377 e. The number of nitrogens with zero attached hydrogens (tertiary/aromatic N) is 4. The molecule has 1 atom stereocenters. The average Bonchev–Trinajstić information content (AvgIpc) is 2.92. The number of hydrogen-bond acceptors (Lipinski definition) is 7. The molecular weight excluding hydrogens is 502 g/mol. The highest BCUT2D eigenvalue weighted by atomic mass is 32.2. The average molecular weight is 544 g/mol. The third kappa shape index (κ3) is 5.98. The highest BCUT2D eigenvalue weighted by Crippen LogP contribution is 2.30. The molecule has 0 unspecified atom stereocenters. The van der Waals surface area contributed by atoms with Crippen LogP contribution in [0, 0.1) is 11.8 Å². The standard InChI is InChI=1S/C28H41N5O4S/c1-20(2)26-19-37-17-16-33(26)28(34)21-4-7-23(8-5-21)30-38(35,36)24-9-10-25-22(18-24)6-11-27(29-25)32-14-12-31(3)13-15-32/h6,9-11,18,20-21,23,26,30H,4-5,7-8,12-17,19H2,1-3H3/t21-,23-,26-/m1/s1. The number of amides is 1. The van der Waals surface area contributed by atoms with Gasteiger partial charge >= 0.3 is 0 Å². The second-order valence-corrected chi connectivity index (χ2v) is 13.1. The number of aromatic nitrogens is 1. The third-order valence-electron chi connectivity index (χ3n) is 8.40. The molecular formula is C28H41N5O4S. The van der Waals surface area contributed by atoms with Crippen molar-refractivity contribution in [2.24, 2.45) is 11.8 Å². The molecule has 0 bridgehead atoms. The molecule has 2 saturated heterocycles. The molecule has 1 saturated carbocycles. The summed E-state index contributed by atoms with van der Waals surface area (Å²) in [6.45, 7) is 9.95. The van der Waals surface area contributed by atoms with E-state index in [2.05, 4.69) is 35.4 Å². The number of fused-ring (bicyclic) bond motifs is 1. The topological polar surface area (TPSA) is 95.1 Å². The molecule has 1 aromatic heterocycles. The van der Waals surface area contributed by atoms with Crippen LogP contribution in [0.3, 0.4) is 0 Å². The van der Waals surface area contributed by atoms with E-state index in [1.807, 2.05) is 17.0 Å². The predicted molar refractivity (Wildman–Crippen MR) is 149 cm³/mol. The van der Waals surface area contributed by atoms with Gasteiger partial charge in [0.05, 0.1) is 29.7 Å². The van der Waals surface area contributed by atoms with Gasteiger partial charge in [0, 0.05) is 50.1 Å². The minimum absolute atomic E-state index is 0.0450. The lowest BCUT2D eigenvalue weighted by atomic mass is 9.85. The Balaban J connectivity index is 1.20. The Kier molecular flexibility index (Phi) is 8.23. The lowest BCUT2D eigenvalue weighted by molar-refractivity contribution is -0.147. The number of anilines is 1. The predicted octanol–water partition coefficient (Wildman–Crippen LogP) is 2.71. The van der Waals surface area contributed by atoms with Crippen LogP contribution in [-0.2, 0) is 19.6 Å². The molecule has 3 fully saturated rings. The van der Waals surface area contributed by atoms with Gasteiger partial charge in [0.25, 0.3) is 0 Å². The molecule has 9 nitrogen and oxygen atoms in total. The van der Waals surface area contributed by atoms with Crippen LogP contribution in [0.15, 0.2) is 35.2 Å². The van der Waals surface area contributed by atoms with Crippen LogP contribution in [0.4, 0.5) is 5.82 Å². The number of benzene rings is 1. The summed E-state index contributed by atoms with van der Waals surface area (Å²) in [7, 11) is -1.55. The highest BCUT2D eigenvalue weighted by molar-refractivity contribution is 7.89. The zero-order valence-electron chi connectivity index (χ0n) is 22.8. The van der Waals surface area contributed by atoms with E-state index in [0.717, 1.165) is 42.9 Å². The Hall–Kier alpha value is -2.27. The van der Waals surface area contributed by atoms with Gasteiger partial charge in [0.2, 0.25) is 15.9 Å². The number of morpholine rings is 1. The first kappa shape index (κ1) is 27.3. The summed E-state index contributed by atoms with van der Waals surface area (Å²) in [5, 5.41) is 0.810. The molecule has 0 radical (unpaired) electrons. The molecule has 208 valence electrons. The van der Waals surface area contributed by atoms with E-state index in [9.17, 15) is 13.2 Å². The van der Waals surface area contributed by atoms with Crippen LogP contribution in [0.25, 0.3) is 10.9 Å². The van der Waals surface area contributed by atoms with Gasteiger partial charge in [-0.15, -0.1) is 0 Å². The highest BCUT2D eigenvalue weighted by Gasteiger charge is 2.36. The number of carbonyl (C=O) groups excluding carboxylic acids is 1. The van der Waals surface area contributed by atoms with Crippen molar-refractivity contribution in [2.75, 3.05) is 57.9 Å². The van der Waals surface area contributed by atoms with Crippen molar-refractivity contribution in [3.05, 3.63) is 30.3 Å². The van der Waals surface area contributed by atoms with E-state index < -0.39 is 10.0 Å². The molecule has 10 heteroatoms. The van der Waals surface area contributed by atoms with Gasteiger partial charge in [-0.1, -0.05) is 13.8 Å². The van der Waals surface area contributed by atoms with Gasteiger partial charge in [-0.05, 0) is 69.0 Å². The molecule has 1 aliphatic carbocycles. The summed E-state index contributed by atoms with van der Waals surface area (Å²) >= 11 is 0. The van der Waals surface area contributed by atoms with Crippen molar-refractivity contribution < 1.29 is 17.9 Å². The van der Waals surface area contributed by atoms with Gasteiger partial charge in [0.15, 0.2) is 0 Å². The lowest BCUT2D eigenvalue weighted by Crippen LogP contribution is -2.53. The second-order valence-electron chi connectivity index (χ2n) is 11.4. The second kappa shape index (κ2) is 11.5. The first-order chi connectivity index (χ1) is 18.2. The fourth-order valence-electron chi connectivity index (χ4n) is 5.90. The van der Waals surface area contributed by atoms with Crippen molar-refractivity contribution >= 4 is 32.7 Å². The molecule has 1 aromatic carbocycles. The van der Waals surface area contributed by atoms with Gasteiger partial charge < -0.3 is 19.4 Å². The van der Waals surface area contributed by atoms with Crippen molar-refractivity contribution in [1.82, 2.24) is 19.5 Å². The summed E-state index contributed by atoms with van der Waals surface area (Å²) in [6.07, 6.45) is 2.72. The SMILES string of the molecule is CC(C)[C@H]1COCCN1C(=O)[C@H]1CC[C@H](NS(=O)(=O)c2ccc3nc(N4CCN(C)CC4)ccc3c2)CC1. The number of nitrogens with one attached hydrogen (secondary N) is 1. The van der Waals surface area contributed by atoms with Crippen molar-refractivity contribution in [1.29, 1.82) is 0 Å². The van der Waals surface area contributed by atoms with Crippen LogP contribution < -0.4 is 9.62 Å². The number of ether oxygens (including phenoxy) is 1. The summed E-state index contributed by atoms with van der Waals surface area (Å²) in [5.74, 6) is 1.43. The van der Waals surface area contributed by atoms with Gasteiger partial charge in [-0.3, -0.25) is 4.79 Å². The molecule has 1 amide bonds. The smallest absolute Gasteiger partial charge is 0.240 e. The van der Waals surface area contributed by atoms with Gasteiger partial charge in [0.1, 0.15) is 5.82 Å². The number of hydrogen-bond donors (Lipinski definition) is 1. The number of carbonyl (C=O) groups is 1. The molecule has 5 rings (SSSR count). The molecule has 3 heterocycles. The summed E-state index contributed by atoms with van der Waals surface area (Å²) in [4.78, 5) is 24.9. The van der Waals surface area contributed by atoms with Gasteiger partial charge in [-0.25, -0.2) is 18.1 Å². The normalized spacial score (nSPS) is 25.7. The maximum absolute atomic E-state index is 13.3. The third-order valence-corrected chi connectivity index (χ3v) is 9.92. The number of likely N-dealkylation sites (N-methyl/N-ethyl adjacent to an activating group) is 1. The van der Waals surface area contributed by atoms with E-state index >= 15 is 0 Å². The Morgan fingerprint density at radius 3 is 2.47 bits per heavy atom. The molecule has 3 aliphatic rings. The Morgan fingerprint density at radius 2 is 1.76 bits per heavy atom. The Morgan fingerprint density at radius 1 is 1.03 bits per heavy atom. The van der Waals surface area contributed by atoms with Gasteiger partial charge in [-0.2, -0.15) is 0 Å². The fourth-order valence-corrected chi connectivity index (χ4v) is 7.24. The molecule has 0 spiro atoms. The summed E-state index contributed by atoms with van der Waals surface area (Å²) in [6, 6.07) is 9.04. The van der Waals surface area contributed by atoms with Crippen LogP contribution in [-0.4, -0.2) is 94.2 Å². The largest absolute Gasteiger partial charge is 0.377 e. The Bertz CT molecular complexity index is 1240. The van der Waals surface area contributed by atoms with Crippen molar-refractivity contribution in [3.63, 3.8) is 0 Å². The maximum atomic E-state index is 13.3. The molecule has 38 heavy (non-hydrogen) atoms. The van der Waals surface area contributed by atoms with Crippen LogP contribution in [0.5, 0.6) is 0 Å².